The molecular weight excluding hydrogens is 248 g/mol. The average molecular weight is 263 g/mol. The van der Waals surface area contributed by atoms with Crippen molar-refractivity contribution in [3.63, 3.8) is 0 Å². The summed E-state index contributed by atoms with van der Waals surface area (Å²) in [4.78, 5) is 3.47. The Kier molecular flexibility index (Phi) is 3.91. The molecule has 4 heteroatoms. The number of thiophene rings is 1. The van der Waals surface area contributed by atoms with Crippen molar-refractivity contribution in [1.29, 1.82) is 0 Å². The molecule has 1 rings (SSSR count). The normalized spacial score (nSPS) is 16.2. The molecule has 2 unspecified atom stereocenters. The second kappa shape index (κ2) is 4.55. The molecule has 0 bridgehead atoms. The van der Waals surface area contributed by atoms with Gasteiger partial charge in [-0.2, -0.15) is 0 Å². The number of nitrogens with zero attached hydrogens (tertiary/aromatic N) is 1. The van der Waals surface area contributed by atoms with Crippen LogP contribution in [0, 0.1) is 0 Å². The zero-order chi connectivity index (χ0) is 10.0. The Labute approximate surface area is 91.9 Å². The molecule has 2 atom stereocenters. The van der Waals surface area contributed by atoms with E-state index < -0.39 is 0 Å². The van der Waals surface area contributed by atoms with Gasteiger partial charge in [0.05, 0.1) is 9.83 Å². The lowest BCUT2D eigenvalue weighted by molar-refractivity contribution is 0.270. The molecule has 0 saturated heterocycles. The van der Waals surface area contributed by atoms with Crippen LogP contribution in [0.15, 0.2) is 15.9 Å². The third-order valence-corrected chi connectivity index (χ3v) is 3.63. The number of hydrogen-bond acceptors (Lipinski definition) is 3. The largest absolute Gasteiger partial charge is 0.326 e. The fourth-order valence-electron chi connectivity index (χ4n) is 1.47. The van der Waals surface area contributed by atoms with Gasteiger partial charge in [0.1, 0.15) is 0 Å². The third kappa shape index (κ3) is 2.77. The summed E-state index contributed by atoms with van der Waals surface area (Å²) in [5.74, 6) is 0. The maximum atomic E-state index is 5.93. The van der Waals surface area contributed by atoms with Crippen molar-refractivity contribution in [2.75, 3.05) is 14.1 Å². The maximum Gasteiger partial charge on any atom is 0.0702 e. The summed E-state index contributed by atoms with van der Waals surface area (Å²) < 4.78 is 1.16. The molecule has 13 heavy (non-hydrogen) atoms. The molecule has 2 N–H and O–H groups in total. The first-order valence-electron chi connectivity index (χ1n) is 4.19. The second-order valence-corrected chi connectivity index (χ2v) is 5.90. The van der Waals surface area contributed by atoms with Crippen LogP contribution in [0.1, 0.15) is 17.8 Å². The maximum absolute atomic E-state index is 5.93. The van der Waals surface area contributed by atoms with E-state index in [2.05, 4.69) is 47.1 Å². The summed E-state index contributed by atoms with van der Waals surface area (Å²) in [6, 6.07) is 4.67. The monoisotopic (exact) mass is 262 g/mol. The van der Waals surface area contributed by atoms with Crippen molar-refractivity contribution in [2.45, 2.75) is 19.0 Å². The van der Waals surface area contributed by atoms with E-state index in [0.717, 1.165) is 3.79 Å². The first kappa shape index (κ1) is 11.2. The third-order valence-electron chi connectivity index (χ3n) is 1.94. The molecule has 0 amide bonds. The molecule has 0 aliphatic carbocycles. The summed E-state index contributed by atoms with van der Waals surface area (Å²) >= 11 is 5.21. The van der Waals surface area contributed by atoms with Crippen LogP contribution in [0.2, 0.25) is 0 Å². The highest BCUT2D eigenvalue weighted by Gasteiger charge is 2.19. The van der Waals surface area contributed by atoms with Crippen LogP contribution in [-0.4, -0.2) is 25.0 Å². The Hall–Kier alpha value is 0.1000. The van der Waals surface area contributed by atoms with E-state index in [1.165, 1.54) is 4.88 Å². The Balaban J connectivity index is 2.88. The number of hydrogen-bond donors (Lipinski definition) is 1. The van der Waals surface area contributed by atoms with E-state index in [4.69, 9.17) is 5.73 Å². The molecule has 0 radical (unpaired) electrons. The Morgan fingerprint density at radius 2 is 2.08 bits per heavy atom. The van der Waals surface area contributed by atoms with Gasteiger partial charge in [-0.05, 0) is 49.1 Å². The molecule has 0 saturated carbocycles. The zero-order valence-electron chi connectivity index (χ0n) is 8.12. The standard InChI is InChI=1S/C9H15BrN2S/c1-6(11)9(12(2)3)7-4-5-8(10)13-7/h4-6,9H,11H2,1-3H3. The highest BCUT2D eigenvalue weighted by atomic mass is 79.9. The fraction of sp³-hybridized carbons (Fsp3) is 0.556. The van der Waals surface area contributed by atoms with Gasteiger partial charge in [0.15, 0.2) is 0 Å². The lowest BCUT2D eigenvalue weighted by Gasteiger charge is -2.26. The predicted molar refractivity (Wildman–Crippen MR) is 62.1 cm³/mol. The minimum absolute atomic E-state index is 0.153. The fourth-order valence-corrected chi connectivity index (χ4v) is 3.21. The summed E-state index contributed by atoms with van der Waals surface area (Å²) in [5, 5.41) is 0. The zero-order valence-corrected chi connectivity index (χ0v) is 10.5. The van der Waals surface area contributed by atoms with Gasteiger partial charge in [-0.15, -0.1) is 11.3 Å². The molecule has 0 aliphatic heterocycles. The highest BCUT2D eigenvalue weighted by molar-refractivity contribution is 9.11. The van der Waals surface area contributed by atoms with E-state index in [0.29, 0.717) is 6.04 Å². The van der Waals surface area contributed by atoms with Gasteiger partial charge in [0.25, 0.3) is 0 Å². The SMILES string of the molecule is CC(N)C(c1ccc(Br)s1)N(C)C. The topological polar surface area (TPSA) is 29.3 Å². The van der Waals surface area contributed by atoms with Crippen LogP contribution >= 0.6 is 27.3 Å². The van der Waals surface area contributed by atoms with E-state index >= 15 is 0 Å². The first-order valence-corrected chi connectivity index (χ1v) is 5.80. The Morgan fingerprint density at radius 1 is 1.46 bits per heavy atom. The van der Waals surface area contributed by atoms with Crippen molar-refractivity contribution >= 4 is 27.3 Å². The molecule has 1 aromatic rings. The number of halogens is 1. The van der Waals surface area contributed by atoms with Crippen LogP contribution in [0.4, 0.5) is 0 Å². The molecule has 0 aromatic carbocycles. The van der Waals surface area contributed by atoms with Crippen LogP contribution < -0.4 is 5.73 Å². The first-order chi connectivity index (χ1) is 6.02. The van der Waals surface area contributed by atoms with Crippen molar-refractivity contribution in [3.05, 3.63) is 20.8 Å². The van der Waals surface area contributed by atoms with Gasteiger partial charge in [-0.25, -0.2) is 0 Å². The van der Waals surface area contributed by atoms with Gasteiger partial charge in [0.2, 0.25) is 0 Å². The Morgan fingerprint density at radius 3 is 2.38 bits per heavy atom. The number of likely N-dealkylation sites (N-methyl/N-ethyl adjacent to an activating group) is 1. The van der Waals surface area contributed by atoms with E-state index in [1.54, 1.807) is 11.3 Å². The molecule has 1 aromatic heterocycles. The number of rotatable bonds is 3. The number of nitrogens with two attached hydrogens (primary N) is 1. The molecule has 0 spiro atoms. The van der Waals surface area contributed by atoms with Crippen molar-refractivity contribution in [3.8, 4) is 0 Å². The quantitative estimate of drug-likeness (QED) is 0.907. The van der Waals surface area contributed by atoms with Crippen LogP contribution in [0.5, 0.6) is 0 Å². The van der Waals surface area contributed by atoms with Gasteiger partial charge in [0, 0.05) is 10.9 Å². The minimum Gasteiger partial charge on any atom is -0.326 e. The summed E-state index contributed by atoms with van der Waals surface area (Å²) in [7, 11) is 4.11. The van der Waals surface area contributed by atoms with Crippen LogP contribution in [-0.2, 0) is 0 Å². The van der Waals surface area contributed by atoms with Gasteiger partial charge in [-0.3, -0.25) is 0 Å². The predicted octanol–water partition coefficient (Wildman–Crippen LogP) is 2.46. The lowest BCUT2D eigenvalue weighted by atomic mass is 10.1. The molecule has 0 fully saturated rings. The highest BCUT2D eigenvalue weighted by Crippen LogP contribution is 2.30. The molecule has 2 nitrogen and oxygen atoms in total. The van der Waals surface area contributed by atoms with E-state index in [9.17, 15) is 0 Å². The van der Waals surface area contributed by atoms with E-state index in [-0.39, 0.29) is 6.04 Å². The minimum atomic E-state index is 0.153. The summed E-state index contributed by atoms with van der Waals surface area (Å²) in [6.45, 7) is 2.04. The van der Waals surface area contributed by atoms with Crippen LogP contribution in [0.3, 0.4) is 0 Å². The molecule has 74 valence electrons. The molecule has 0 aliphatic rings. The smallest absolute Gasteiger partial charge is 0.0702 e. The summed E-state index contributed by atoms with van der Waals surface area (Å²) in [5.41, 5.74) is 5.93. The van der Waals surface area contributed by atoms with Crippen molar-refractivity contribution in [1.82, 2.24) is 4.90 Å². The van der Waals surface area contributed by atoms with Crippen molar-refractivity contribution < 1.29 is 0 Å². The van der Waals surface area contributed by atoms with E-state index in [1.807, 2.05) is 6.92 Å². The summed E-state index contributed by atoms with van der Waals surface area (Å²) in [6.07, 6.45) is 0. The lowest BCUT2D eigenvalue weighted by Crippen LogP contribution is -2.34. The van der Waals surface area contributed by atoms with Gasteiger partial charge >= 0.3 is 0 Å². The molecule has 1 heterocycles. The van der Waals surface area contributed by atoms with Gasteiger partial charge < -0.3 is 10.6 Å². The second-order valence-electron chi connectivity index (χ2n) is 3.41. The van der Waals surface area contributed by atoms with Crippen molar-refractivity contribution in [2.24, 2.45) is 5.73 Å². The van der Waals surface area contributed by atoms with Crippen LogP contribution in [0.25, 0.3) is 0 Å². The average Bonchev–Trinajstić information content (AvgIpc) is 2.34. The van der Waals surface area contributed by atoms with Gasteiger partial charge in [-0.1, -0.05) is 0 Å². The molecular formula is C9H15BrN2S. The Bertz CT molecular complexity index is 262.